The summed E-state index contributed by atoms with van der Waals surface area (Å²) < 4.78 is 6.88. The summed E-state index contributed by atoms with van der Waals surface area (Å²) in [5.74, 6) is -0.963. The van der Waals surface area contributed by atoms with Gasteiger partial charge in [0.15, 0.2) is 11.4 Å². The zero-order valence-corrected chi connectivity index (χ0v) is 16.9. The number of nitrogens with zero attached hydrogens (tertiary/aromatic N) is 4. The van der Waals surface area contributed by atoms with E-state index in [9.17, 15) is 9.59 Å². The van der Waals surface area contributed by atoms with Crippen molar-refractivity contribution in [1.29, 1.82) is 0 Å². The first-order chi connectivity index (χ1) is 13.2. The molecule has 1 N–H and O–H groups in total. The highest BCUT2D eigenvalue weighted by Crippen LogP contribution is 2.17. The van der Waals surface area contributed by atoms with Crippen molar-refractivity contribution in [2.45, 2.75) is 39.8 Å². The van der Waals surface area contributed by atoms with Gasteiger partial charge in [-0.25, -0.2) is 9.48 Å². The van der Waals surface area contributed by atoms with Gasteiger partial charge >= 0.3 is 5.97 Å². The van der Waals surface area contributed by atoms with Crippen LogP contribution in [0.3, 0.4) is 0 Å². The molecule has 146 valence electrons. The third-order valence-electron chi connectivity index (χ3n) is 3.52. The molecule has 28 heavy (non-hydrogen) atoms. The second-order valence-electron chi connectivity index (χ2n) is 7.06. The summed E-state index contributed by atoms with van der Waals surface area (Å²) in [6.07, 6.45) is 0. The zero-order valence-electron chi connectivity index (χ0n) is 16.1. The van der Waals surface area contributed by atoms with Crippen LogP contribution in [0.15, 0.2) is 36.4 Å². The van der Waals surface area contributed by atoms with Crippen LogP contribution < -0.4 is 5.32 Å². The maximum atomic E-state index is 12.6. The number of ether oxygens (including phenoxy) is 1. The Hall–Kier alpha value is -3.07. The minimum Gasteiger partial charge on any atom is -0.455 e. The summed E-state index contributed by atoms with van der Waals surface area (Å²) in [4.78, 5) is 25.2. The van der Waals surface area contributed by atoms with Crippen LogP contribution in [0.2, 0.25) is 0 Å². The molecule has 3 rings (SSSR count). The van der Waals surface area contributed by atoms with Crippen LogP contribution in [0, 0.1) is 6.92 Å². The number of benzene rings is 1. The fraction of sp³-hybridized carbons (Fsp3) is 0.316. The van der Waals surface area contributed by atoms with Crippen LogP contribution in [0.4, 0.5) is 0 Å². The second-order valence-corrected chi connectivity index (χ2v) is 8.33. The van der Waals surface area contributed by atoms with E-state index >= 15 is 0 Å². The number of amides is 1. The molecule has 3 aromatic rings. The van der Waals surface area contributed by atoms with Crippen molar-refractivity contribution in [3.05, 3.63) is 57.8 Å². The fourth-order valence-corrected chi connectivity index (χ4v) is 3.04. The van der Waals surface area contributed by atoms with Crippen molar-refractivity contribution in [3.8, 4) is 5.69 Å². The number of carbonyl (C=O) groups excluding carboxylic acids is 2. The molecule has 2 heterocycles. The highest BCUT2D eigenvalue weighted by molar-refractivity contribution is 7.11. The van der Waals surface area contributed by atoms with Crippen LogP contribution in [-0.4, -0.2) is 37.5 Å². The molecule has 0 aliphatic carbocycles. The summed E-state index contributed by atoms with van der Waals surface area (Å²) >= 11 is 1.40. The van der Waals surface area contributed by atoms with Gasteiger partial charge in [-0.3, -0.25) is 4.79 Å². The Balaban J connectivity index is 1.87. The van der Waals surface area contributed by atoms with Gasteiger partial charge in [-0.15, -0.1) is 10.2 Å². The third-order valence-corrected chi connectivity index (χ3v) is 4.36. The molecule has 0 atom stereocenters. The molecule has 0 bridgehead atoms. The van der Waals surface area contributed by atoms with Gasteiger partial charge in [0.05, 0.1) is 12.2 Å². The summed E-state index contributed by atoms with van der Waals surface area (Å²) in [6, 6.07) is 10.5. The molecule has 8 nitrogen and oxygen atoms in total. The number of rotatable bonds is 5. The number of nitrogens with one attached hydrogen (secondary N) is 1. The lowest BCUT2D eigenvalue weighted by atomic mass is 10.2. The maximum absolute atomic E-state index is 12.6. The van der Waals surface area contributed by atoms with Crippen LogP contribution >= 0.6 is 11.3 Å². The van der Waals surface area contributed by atoms with Gasteiger partial charge in [0, 0.05) is 6.07 Å². The van der Waals surface area contributed by atoms with Crippen molar-refractivity contribution < 1.29 is 14.3 Å². The van der Waals surface area contributed by atoms with Crippen LogP contribution in [-0.2, 0) is 11.3 Å². The predicted molar refractivity (Wildman–Crippen MR) is 105 cm³/mol. The van der Waals surface area contributed by atoms with Gasteiger partial charge in [0.25, 0.3) is 5.91 Å². The SMILES string of the molecule is Cc1nnc(CNC(=O)c2cc(C(=O)OC(C)(C)C)n(-c3ccccc3)n2)s1. The Bertz CT molecular complexity index is 989. The number of esters is 1. The van der Waals surface area contributed by atoms with Gasteiger partial charge in [-0.05, 0) is 39.8 Å². The molecule has 2 aromatic heterocycles. The molecule has 0 saturated carbocycles. The molecule has 0 spiro atoms. The molecule has 1 amide bonds. The van der Waals surface area contributed by atoms with Crippen molar-refractivity contribution >= 4 is 23.2 Å². The Kier molecular flexibility index (Phi) is 5.55. The number of aryl methyl sites for hydroxylation is 1. The Morgan fingerprint density at radius 3 is 2.50 bits per heavy atom. The fourth-order valence-electron chi connectivity index (χ4n) is 2.39. The first-order valence-electron chi connectivity index (χ1n) is 8.69. The number of carbonyl (C=O) groups is 2. The van der Waals surface area contributed by atoms with E-state index in [-0.39, 0.29) is 17.9 Å². The molecule has 0 aliphatic rings. The lowest BCUT2D eigenvalue weighted by molar-refractivity contribution is 0.00593. The van der Waals surface area contributed by atoms with E-state index in [0.717, 1.165) is 5.01 Å². The quantitative estimate of drug-likeness (QED) is 0.662. The van der Waals surface area contributed by atoms with E-state index < -0.39 is 17.5 Å². The van der Waals surface area contributed by atoms with Gasteiger partial charge < -0.3 is 10.1 Å². The van der Waals surface area contributed by atoms with Crippen LogP contribution in [0.1, 0.15) is 51.8 Å². The molecule has 9 heteroatoms. The largest absolute Gasteiger partial charge is 0.455 e. The van der Waals surface area contributed by atoms with E-state index in [1.807, 2.05) is 25.1 Å². The first-order valence-corrected chi connectivity index (χ1v) is 9.50. The monoisotopic (exact) mass is 399 g/mol. The Labute approximate surface area is 166 Å². The van der Waals surface area contributed by atoms with Gasteiger partial charge in [-0.2, -0.15) is 5.10 Å². The number of para-hydroxylation sites is 1. The normalized spacial score (nSPS) is 11.3. The van der Waals surface area contributed by atoms with E-state index in [1.54, 1.807) is 32.9 Å². The minimum absolute atomic E-state index is 0.117. The number of hydrogen-bond acceptors (Lipinski definition) is 7. The average Bonchev–Trinajstić information content (AvgIpc) is 3.25. The Morgan fingerprint density at radius 2 is 1.89 bits per heavy atom. The van der Waals surface area contributed by atoms with Crippen molar-refractivity contribution in [1.82, 2.24) is 25.3 Å². The average molecular weight is 399 g/mol. The minimum atomic E-state index is -0.666. The van der Waals surface area contributed by atoms with E-state index in [0.29, 0.717) is 10.7 Å². The molecule has 0 unspecified atom stereocenters. The molecule has 0 radical (unpaired) electrons. The Morgan fingerprint density at radius 1 is 1.18 bits per heavy atom. The topological polar surface area (TPSA) is 99.0 Å². The van der Waals surface area contributed by atoms with E-state index in [4.69, 9.17) is 4.74 Å². The molecule has 0 fully saturated rings. The van der Waals surface area contributed by atoms with Crippen molar-refractivity contribution in [3.63, 3.8) is 0 Å². The van der Waals surface area contributed by atoms with Crippen LogP contribution in [0.5, 0.6) is 0 Å². The molecule has 0 aliphatic heterocycles. The van der Waals surface area contributed by atoms with E-state index in [1.165, 1.54) is 22.1 Å². The third kappa shape index (κ3) is 4.80. The highest BCUT2D eigenvalue weighted by atomic mass is 32.1. The lowest BCUT2D eigenvalue weighted by Gasteiger charge is -2.19. The molecule has 0 saturated heterocycles. The smallest absolute Gasteiger partial charge is 0.357 e. The molecular weight excluding hydrogens is 378 g/mol. The second kappa shape index (κ2) is 7.89. The summed E-state index contributed by atoms with van der Waals surface area (Å²) in [5.41, 5.74) is 0.284. The first kappa shape index (κ1) is 19.7. The number of hydrogen-bond donors (Lipinski definition) is 1. The van der Waals surface area contributed by atoms with Gasteiger partial charge in [0.1, 0.15) is 15.6 Å². The lowest BCUT2D eigenvalue weighted by Crippen LogP contribution is -2.25. The van der Waals surface area contributed by atoms with Crippen LogP contribution in [0.25, 0.3) is 5.69 Å². The molecule has 1 aromatic carbocycles. The predicted octanol–water partition coefficient (Wildman–Crippen LogP) is 2.92. The maximum Gasteiger partial charge on any atom is 0.357 e. The highest BCUT2D eigenvalue weighted by Gasteiger charge is 2.25. The summed E-state index contributed by atoms with van der Waals surface area (Å²) in [6.45, 7) is 7.44. The van der Waals surface area contributed by atoms with Gasteiger partial charge in [-0.1, -0.05) is 29.5 Å². The van der Waals surface area contributed by atoms with Crippen molar-refractivity contribution in [2.24, 2.45) is 0 Å². The number of aromatic nitrogens is 4. The zero-order chi connectivity index (χ0) is 20.3. The summed E-state index contributed by atoms with van der Waals surface area (Å²) in [5, 5.41) is 16.5. The summed E-state index contributed by atoms with van der Waals surface area (Å²) in [7, 11) is 0. The van der Waals surface area contributed by atoms with E-state index in [2.05, 4.69) is 20.6 Å². The van der Waals surface area contributed by atoms with Crippen molar-refractivity contribution in [2.75, 3.05) is 0 Å². The standard InChI is InChI=1S/C19H21N5O3S/c1-12-21-22-16(28-12)11-20-17(25)14-10-15(18(26)27-19(2,3)4)24(23-14)13-8-6-5-7-9-13/h5-10H,11H2,1-4H3,(H,20,25). The molecular formula is C19H21N5O3S. The van der Waals surface area contributed by atoms with Gasteiger partial charge in [0.2, 0.25) is 0 Å².